The highest BCUT2D eigenvalue weighted by atomic mass is 79.9. The molecule has 0 radical (unpaired) electrons. The molecular weight excluding hydrogens is 440 g/mol. The van der Waals surface area contributed by atoms with Gasteiger partial charge in [0.1, 0.15) is 0 Å². The summed E-state index contributed by atoms with van der Waals surface area (Å²) in [6.07, 6.45) is 2.71. The first-order valence-corrected chi connectivity index (χ1v) is 11.9. The van der Waals surface area contributed by atoms with E-state index in [0.717, 1.165) is 23.7 Å². The molecular formula is C17H19BrN2O4S2. The second kappa shape index (κ2) is 7.67. The van der Waals surface area contributed by atoms with Gasteiger partial charge < -0.3 is 0 Å². The van der Waals surface area contributed by atoms with Crippen molar-refractivity contribution in [2.45, 2.75) is 29.1 Å². The van der Waals surface area contributed by atoms with Gasteiger partial charge in [0.25, 0.3) is 10.0 Å². The third-order valence-corrected chi connectivity index (χ3v) is 7.98. The lowest BCUT2D eigenvalue weighted by Gasteiger charge is -2.26. The highest BCUT2D eigenvalue weighted by Crippen LogP contribution is 2.24. The normalized spacial score (nSPS) is 16.3. The van der Waals surface area contributed by atoms with Crippen LogP contribution in [0.1, 0.15) is 19.3 Å². The Morgan fingerprint density at radius 1 is 0.846 bits per heavy atom. The third kappa shape index (κ3) is 4.28. The van der Waals surface area contributed by atoms with Crippen molar-refractivity contribution in [2.24, 2.45) is 0 Å². The summed E-state index contributed by atoms with van der Waals surface area (Å²) < 4.78 is 55.2. The Bertz CT molecular complexity index is 984. The first kappa shape index (κ1) is 19.3. The number of halogens is 1. The number of nitrogens with one attached hydrogen (secondary N) is 1. The van der Waals surface area contributed by atoms with Crippen molar-refractivity contribution in [1.29, 1.82) is 0 Å². The summed E-state index contributed by atoms with van der Waals surface area (Å²) in [6.45, 7) is 0.994. The van der Waals surface area contributed by atoms with E-state index in [-0.39, 0.29) is 15.5 Å². The van der Waals surface area contributed by atoms with Gasteiger partial charge in [0.05, 0.1) is 15.5 Å². The lowest BCUT2D eigenvalue weighted by molar-refractivity contribution is 0.346. The molecule has 0 aromatic heterocycles. The molecule has 0 aliphatic carbocycles. The van der Waals surface area contributed by atoms with Crippen LogP contribution in [-0.2, 0) is 20.0 Å². The van der Waals surface area contributed by atoms with Crippen LogP contribution in [-0.4, -0.2) is 34.2 Å². The smallest absolute Gasteiger partial charge is 0.261 e. The fraction of sp³-hybridized carbons (Fsp3) is 0.294. The Balaban J connectivity index is 1.86. The zero-order valence-corrected chi connectivity index (χ0v) is 17.1. The van der Waals surface area contributed by atoms with E-state index in [1.54, 1.807) is 12.1 Å². The highest BCUT2D eigenvalue weighted by Gasteiger charge is 2.26. The van der Waals surface area contributed by atoms with Crippen molar-refractivity contribution in [1.82, 2.24) is 4.31 Å². The number of hydrogen-bond acceptors (Lipinski definition) is 4. The van der Waals surface area contributed by atoms with Gasteiger partial charge >= 0.3 is 0 Å². The molecule has 140 valence electrons. The molecule has 0 saturated carbocycles. The maximum atomic E-state index is 12.8. The quantitative estimate of drug-likeness (QED) is 0.743. The molecule has 6 nitrogen and oxygen atoms in total. The minimum absolute atomic E-state index is 0.0930. The van der Waals surface area contributed by atoms with Crippen LogP contribution in [0.25, 0.3) is 0 Å². The van der Waals surface area contributed by atoms with Crippen molar-refractivity contribution in [3.8, 4) is 0 Å². The van der Waals surface area contributed by atoms with Crippen molar-refractivity contribution in [3.05, 3.63) is 53.0 Å². The molecule has 1 heterocycles. The molecule has 0 bridgehead atoms. The monoisotopic (exact) mass is 458 g/mol. The predicted molar refractivity (Wildman–Crippen MR) is 104 cm³/mol. The molecule has 1 aliphatic heterocycles. The van der Waals surface area contributed by atoms with E-state index in [2.05, 4.69) is 20.7 Å². The second-order valence-corrected chi connectivity index (χ2v) is 10.6. The Labute approximate surface area is 162 Å². The van der Waals surface area contributed by atoms with E-state index in [4.69, 9.17) is 0 Å². The van der Waals surface area contributed by atoms with Crippen LogP contribution >= 0.6 is 15.9 Å². The molecule has 3 rings (SSSR count). The molecule has 0 spiro atoms. The maximum Gasteiger partial charge on any atom is 0.261 e. The van der Waals surface area contributed by atoms with E-state index >= 15 is 0 Å². The molecule has 0 unspecified atom stereocenters. The molecule has 2 aromatic rings. The standard InChI is InChI=1S/C17H19BrN2O4S2/c18-14-7-9-16(10-8-14)25(21,22)19-15-5-4-6-17(13-15)26(23,24)20-11-2-1-3-12-20/h4-10,13,19H,1-3,11-12H2. The van der Waals surface area contributed by atoms with Gasteiger partial charge in [-0.3, -0.25) is 4.72 Å². The zero-order valence-electron chi connectivity index (χ0n) is 13.9. The highest BCUT2D eigenvalue weighted by molar-refractivity contribution is 9.10. The maximum absolute atomic E-state index is 12.8. The summed E-state index contributed by atoms with van der Waals surface area (Å²) in [5.41, 5.74) is 0.214. The van der Waals surface area contributed by atoms with Crippen LogP contribution in [0.2, 0.25) is 0 Å². The summed E-state index contributed by atoms with van der Waals surface area (Å²) in [5.74, 6) is 0. The molecule has 1 saturated heterocycles. The summed E-state index contributed by atoms with van der Waals surface area (Å²) in [6, 6.07) is 12.1. The Morgan fingerprint density at radius 3 is 2.15 bits per heavy atom. The number of sulfonamides is 2. The van der Waals surface area contributed by atoms with Gasteiger partial charge in [0.15, 0.2) is 0 Å². The van der Waals surface area contributed by atoms with Crippen molar-refractivity contribution < 1.29 is 16.8 Å². The van der Waals surface area contributed by atoms with Crippen LogP contribution in [0.4, 0.5) is 5.69 Å². The summed E-state index contributed by atoms with van der Waals surface area (Å²) in [7, 11) is -7.41. The van der Waals surface area contributed by atoms with Gasteiger partial charge in [-0.2, -0.15) is 4.31 Å². The van der Waals surface area contributed by atoms with Gasteiger partial charge in [0.2, 0.25) is 10.0 Å². The van der Waals surface area contributed by atoms with Gasteiger partial charge in [-0.25, -0.2) is 16.8 Å². The van der Waals surface area contributed by atoms with Crippen molar-refractivity contribution >= 4 is 41.7 Å². The SMILES string of the molecule is O=S(=O)(Nc1cccc(S(=O)(=O)N2CCCCC2)c1)c1ccc(Br)cc1. The molecule has 26 heavy (non-hydrogen) atoms. The molecule has 0 atom stereocenters. The molecule has 1 fully saturated rings. The lowest BCUT2D eigenvalue weighted by Crippen LogP contribution is -2.35. The number of benzene rings is 2. The Morgan fingerprint density at radius 2 is 1.50 bits per heavy atom. The minimum Gasteiger partial charge on any atom is -0.280 e. The fourth-order valence-corrected chi connectivity index (χ4v) is 5.68. The average Bonchev–Trinajstić information content (AvgIpc) is 2.63. The van der Waals surface area contributed by atoms with Gasteiger partial charge in [-0.1, -0.05) is 28.4 Å². The number of hydrogen-bond donors (Lipinski definition) is 1. The number of rotatable bonds is 5. The van der Waals surface area contributed by atoms with Crippen LogP contribution < -0.4 is 4.72 Å². The van der Waals surface area contributed by atoms with Crippen molar-refractivity contribution in [2.75, 3.05) is 17.8 Å². The van der Waals surface area contributed by atoms with Gasteiger partial charge in [-0.05, 0) is 55.3 Å². The molecule has 9 heteroatoms. The van der Waals surface area contributed by atoms with Gasteiger partial charge in [-0.15, -0.1) is 0 Å². The topological polar surface area (TPSA) is 83.5 Å². The predicted octanol–water partition coefficient (Wildman–Crippen LogP) is 3.42. The van der Waals surface area contributed by atoms with Crippen LogP contribution in [0.5, 0.6) is 0 Å². The first-order chi connectivity index (χ1) is 12.3. The van der Waals surface area contributed by atoms with E-state index in [1.165, 1.54) is 40.7 Å². The molecule has 1 N–H and O–H groups in total. The van der Waals surface area contributed by atoms with Gasteiger partial charge in [0, 0.05) is 17.6 Å². The number of piperidine rings is 1. The van der Waals surface area contributed by atoms with E-state index in [9.17, 15) is 16.8 Å². The minimum atomic E-state index is -3.80. The lowest BCUT2D eigenvalue weighted by atomic mass is 10.2. The molecule has 2 aromatic carbocycles. The molecule has 0 amide bonds. The van der Waals surface area contributed by atoms with E-state index in [0.29, 0.717) is 13.1 Å². The van der Waals surface area contributed by atoms with E-state index < -0.39 is 20.0 Å². The Hall–Kier alpha value is -1.42. The largest absolute Gasteiger partial charge is 0.280 e. The van der Waals surface area contributed by atoms with Crippen LogP contribution in [0.15, 0.2) is 62.8 Å². The van der Waals surface area contributed by atoms with Crippen LogP contribution in [0, 0.1) is 0 Å². The third-order valence-electron chi connectivity index (χ3n) is 4.16. The summed E-state index contributed by atoms with van der Waals surface area (Å²) in [5, 5.41) is 0. The Kier molecular flexibility index (Phi) is 5.71. The molecule has 1 aliphatic rings. The summed E-state index contributed by atoms with van der Waals surface area (Å²) >= 11 is 3.26. The second-order valence-electron chi connectivity index (χ2n) is 6.05. The zero-order chi connectivity index (χ0) is 18.8. The fourth-order valence-electron chi connectivity index (χ4n) is 2.80. The van der Waals surface area contributed by atoms with Crippen LogP contribution in [0.3, 0.4) is 0 Å². The number of anilines is 1. The average molecular weight is 459 g/mol. The summed E-state index contributed by atoms with van der Waals surface area (Å²) in [4.78, 5) is 0.195. The number of nitrogens with zero attached hydrogens (tertiary/aromatic N) is 1. The first-order valence-electron chi connectivity index (χ1n) is 8.18. The van der Waals surface area contributed by atoms with Crippen molar-refractivity contribution in [3.63, 3.8) is 0 Å². The van der Waals surface area contributed by atoms with E-state index in [1.807, 2.05) is 0 Å².